The molecule has 0 bridgehead atoms. The SMILES string of the molecule is CCCCCCCC(C)N(CC1CCCCN1)C(C)C. The zero-order valence-electron chi connectivity index (χ0n) is 14.5. The highest BCUT2D eigenvalue weighted by atomic mass is 15.2. The second kappa shape index (κ2) is 10.6. The highest BCUT2D eigenvalue weighted by Crippen LogP contribution is 2.17. The summed E-state index contributed by atoms with van der Waals surface area (Å²) in [4.78, 5) is 2.73. The number of nitrogens with zero attached hydrogens (tertiary/aromatic N) is 1. The van der Waals surface area contributed by atoms with Crippen molar-refractivity contribution in [2.24, 2.45) is 0 Å². The van der Waals surface area contributed by atoms with E-state index in [0.717, 1.165) is 12.1 Å². The summed E-state index contributed by atoms with van der Waals surface area (Å²) in [6, 6.07) is 2.14. The first-order chi connectivity index (χ1) is 9.65. The van der Waals surface area contributed by atoms with Gasteiger partial charge in [0, 0.05) is 24.7 Å². The van der Waals surface area contributed by atoms with Crippen LogP contribution in [0.1, 0.15) is 85.5 Å². The number of rotatable bonds is 10. The number of hydrogen-bond acceptors (Lipinski definition) is 2. The molecule has 0 aromatic rings. The van der Waals surface area contributed by atoms with E-state index in [1.165, 1.54) is 70.9 Å². The largest absolute Gasteiger partial charge is 0.313 e. The van der Waals surface area contributed by atoms with Crippen LogP contribution in [0.25, 0.3) is 0 Å². The number of hydrogen-bond donors (Lipinski definition) is 1. The standard InChI is InChI=1S/C18H38N2/c1-5-6-7-8-9-12-17(4)20(16(2)3)15-18-13-10-11-14-19-18/h16-19H,5-15H2,1-4H3. The first-order valence-corrected chi connectivity index (χ1v) is 9.14. The minimum absolute atomic E-state index is 0.671. The number of unbranched alkanes of at least 4 members (excludes halogenated alkanes) is 4. The van der Waals surface area contributed by atoms with Crippen LogP contribution in [-0.4, -0.2) is 36.1 Å². The van der Waals surface area contributed by atoms with Crippen LogP contribution in [-0.2, 0) is 0 Å². The normalized spacial score (nSPS) is 21.6. The summed E-state index contributed by atoms with van der Waals surface area (Å²) in [6.45, 7) is 11.9. The lowest BCUT2D eigenvalue weighted by molar-refractivity contribution is 0.129. The lowest BCUT2D eigenvalue weighted by Crippen LogP contribution is -2.49. The van der Waals surface area contributed by atoms with Gasteiger partial charge in [-0.1, -0.05) is 45.4 Å². The zero-order valence-corrected chi connectivity index (χ0v) is 14.5. The molecule has 0 saturated carbocycles. The van der Waals surface area contributed by atoms with E-state index in [1.54, 1.807) is 0 Å². The molecule has 0 aromatic carbocycles. The third-order valence-electron chi connectivity index (χ3n) is 4.80. The Kier molecular flexibility index (Phi) is 9.54. The van der Waals surface area contributed by atoms with Gasteiger partial charge in [-0.3, -0.25) is 4.90 Å². The number of nitrogens with one attached hydrogen (secondary N) is 1. The van der Waals surface area contributed by atoms with E-state index in [2.05, 4.69) is 37.9 Å². The maximum atomic E-state index is 3.70. The Hall–Kier alpha value is -0.0800. The first kappa shape index (κ1) is 18.0. The van der Waals surface area contributed by atoms with E-state index in [1.807, 2.05) is 0 Å². The molecular formula is C18H38N2. The zero-order chi connectivity index (χ0) is 14.8. The molecule has 1 heterocycles. The molecule has 0 amide bonds. The molecule has 0 spiro atoms. The molecule has 1 saturated heterocycles. The molecule has 120 valence electrons. The topological polar surface area (TPSA) is 15.3 Å². The minimum Gasteiger partial charge on any atom is -0.313 e. The molecule has 20 heavy (non-hydrogen) atoms. The fourth-order valence-corrected chi connectivity index (χ4v) is 3.44. The van der Waals surface area contributed by atoms with E-state index in [0.29, 0.717) is 6.04 Å². The van der Waals surface area contributed by atoms with E-state index in [-0.39, 0.29) is 0 Å². The Morgan fingerprint density at radius 3 is 2.40 bits per heavy atom. The highest BCUT2D eigenvalue weighted by Gasteiger charge is 2.22. The summed E-state index contributed by atoms with van der Waals surface area (Å²) in [6.07, 6.45) is 12.5. The summed E-state index contributed by atoms with van der Waals surface area (Å²) < 4.78 is 0. The average Bonchev–Trinajstić information content (AvgIpc) is 2.45. The van der Waals surface area contributed by atoms with Crippen LogP contribution in [0.15, 0.2) is 0 Å². The van der Waals surface area contributed by atoms with E-state index in [9.17, 15) is 0 Å². The van der Waals surface area contributed by atoms with Crippen molar-refractivity contribution in [3.8, 4) is 0 Å². The monoisotopic (exact) mass is 282 g/mol. The van der Waals surface area contributed by atoms with E-state index in [4.69, 9.17) is 0 Å². The van der Waals surface area contributed by atoms with Crippen molar-refractivity contribution in [2.45, 2.75) is 104 Å². The van der Waals surface area contributed by atoms with Crippen LogP contribution in [0.3, 0.4) is 0 Å². The van der Waals surface area contributed by atoms with Gasteiger partial charge >= 0.3 is 0 Å². The molecule has 1 aliphatic rings. The Morgan fingerprint density at radius 2 is 1.80 bits per heavy atom. The van der Waals surface area contributed by atoms with Crippen molar-refractivity contribution >= 4 is 0 Å². The van der Waals surface area contributed by atoms with Gasteiger partial charge in [0.15, 0.2) is 0 Å². The van der Waals surface area contributed by atoms with E-state index >= 15 is 0 Å². The van der Waals surface area contributed by atoms with Crippen LogP contribution in [0.2, 0.25) is 0 Å². The fourth-order valence-electron chi connectivity index (χ4n) is 3.44. The van der Waals surface area contributed by atoms with Crippen LogP contribution in [0, 0.1) is 0 Å². The third-order valence-corrected chi connectivity index (χ3v) is 4.80. The molecule has 2 atom stereocenters. The molecule has 1 fully saturated rings. The molecule has 2 unspecified atom stereocenters. The molecule has 0 radical (unpaired) electrons. The van der Waals surface area contributed by atoms with Gasteiger partial charge in [0.2, 0.25) is 0 Å². The molecule has 0 aromatic heterocycles. The van der Waals surface area contributed by atoms with Crippen molar-refractivity contribution in [2.75, 3.05) is 13.1 Å². The predicted octanol–water partition coefficient (Wildman–Crippen LogP) is 4.59. The van der Waals surface area contributed by atoms with Gasteiger partial charge in [0.25, 0.3) is 0 Å². The quantitative estimate of drug-likeness (QED) is 0.590. The van der Waals surface area contributed by atoms with Crippen molar-refractivity contribution < 1.29 is 0 Å². The van der Waals surface area contributed by atoms with Crippen LogP contribution < -0.4 is 5.32 Å². The van der Waals surface area contributed by atoms with Crippen LogP contribution in [0.5, 0.6) is 0 Å². The van der Waals surface area contributed by atoms with Crippen molar-refractivity contribution in [3.05, 3.63) is 0 Å². The molecule has 0 aliphatic carbocycles. The third kappa shape index (κ3) is 7.08. The lowest BCUT2D eigenvalue weighted by Gasteiger charge is -2.37. The summed E-state index contributed by atoms with van der Waals surface area (Å²) in [5.74, 6) is 0. The van der Waals surface area contributed by atoms with Gasteiger partial charge in [-0.15, -0.1) is 0 Å². The molecule has 2 heteroatoms. The lowest BCUT2D eigenvalue weighted by atomic mass is 10.0. The predicted molar refractivity (Wildman–Crippen MR) is 90.3 cm³/mol. The van der Waals surface area contributed by atoms with Crippen molar-refractivity contribution in [1.29, 1.82) is 0 Å². The van der Waals surface area contributed by atoms with Gasteiger partial charge in [0.1, 0.15) is 0 Å². The van der Waals surface area contributed by atoms with Crippen LogP contribution in [0.4, 0.5) is 0 Å². The second-order valence-electron chi connectivity index (χ2n) is 6.99. The highest BCUT2D eigenvalue weighted by molar-refractivity contribution is 4.80. The molecular weight excluding hydrogens is 244 g/mol. The second-order valence-corrected chi connectivity index (χ2v) is 6.99. The molecule has 2 nitrogen and oxygen atoms in total. The van der Waals surface area contributed by atoms with Crippen molar-refractivity contribution in [1.82, 2.24) is 10.2 Å². The van der Waals surface area contributed by atoms with Gasteiger partial charge < -0.3 is 5.32 Å². The Labute approximate surface area is 127 Å². The van der Waals surface area contributed by atoms with Gasteiger partial charge in [-0.05, 0) is 46.6 Å². The molecule has 1 N–H and O–H groups in total. The van der Waals surface area contributed by atoms with Gasteiger partial charge in [0.05, 0.1) is 0 Å². The minimum atomic E-state index is 0.671. The molecule has 1 rings (SSSR count). The van der Waals surface area contributed by atoms with Crippen LogP contribution >= 0.6 is 0 Å². The maximum Gasteiger partial charge on any atom is 0.0195 e. The van der Waals surface area contributed by atoms with E-state index < -0.39 is 0 Å². The smallest absolute Gasteiger partial charge is 0.0195 e. The van der Waals surface area contributed by atoms with Gasteiger partial charge in [-0.2, -0.15) is 0 Å². The number of piperidine rings is 1. The Bertz CT molecular complexity index is 221. The average molecular weight is 283 g/mol. The Morgan fingerprint density at radius 1 is 1.05 bits per heavy atom. The van der Waals surface area contributed by atoms with Gasteiger partial charge in [-0.25, -0.2) is 0 Å². The first-order valence-electron chi connectivity index (χ1n) is 9.14. The summed E-state index contributed by atoms with van der Waals surface area (Å²) in [5, 5.41) is 3.70. The fraction of sp³-hybridized carbons (Fsp3) is 1.00. The summed E-state index contributed by atoms with van der Waals surface area (Å²) in [5.41, 5.74) is 0. The summed E-state index contributed by atoms with van der Waals surface area (Å²) in [7, 11) is 0. The summed E-state index contributed by atoms with van der Waals surface area (Å²) >= 11 is 0. The molecule has 1 aliphatic heterocycles. The Balaban J connectivity index is 2.28. The maximum absolute atomic E-state index is 3.70. The van der Waals surface area contributed by atoms with Crippen molar-refractivity contribution in [3.63, 3.8) is 0 Å².